The van der Waals surface area contributed by atoms with Crippen molar-refractivity contribution in [3.63, 3.8) is 0 Å². The van der Waals surface area contributed by atoms with Crippen LogP contribution in [0.15, 0.2) is 6.07 Å². The summed E-state index contributed by atoms with van der Waals surface area (Å²) >= 11 is 0. The number of hydrogen-bond acceptors (Lipinski definition) is 4. The molecular formula is C9H16N4. The van der Waals surface area contributed by atoms with Crippen LogP contribution in [0.2, 0.25) is 0 Å². The van der Waals surface area contributed by atoms with Crippen LogP contribution in [0.5, 0.6) is 0 Å². The zero-order valence-corrected chi connectivity index (χ0v) is 7.80. The molecular weight excluding hydrogens is 164 g/mol. The van der Waals surface area contributed by atoms with Gasteiger partial charge in [-0.2, -0.15) is 0 Å². The van der Waals surface area contributed by atoms with E-state index in [9.17, 15) is 0 Å². The first-order chi connectivity index (χ1) is 6.07. The summed E-state index contributed by atoms with van der Waals surface area (Å²) in [6.07, 6.45) is 1.88. The molecule has 0 aliphatic carbocycles. The highest BCUT2D eigenvalue weighted by Crippen LogP contribution is 2.32. The number of anilines is 4. The smallest absolute Gasteiger partial charge is 0.0805 e. The van der Waals surface area contributed by atoms with Gasteiger partial charge in [0.2, 0.25) is 0 Å². The summed E-state index contributed by atoms with van der Waals surface area (Å²) in [6, 6.07) is 1.80. The van der Waals surface area contributed by atoms with Crippen LogP contribution in [0.25, 0.3) is 0 Å². The van der Waals surface area contributed by atoms with Crippen molar-refractivity contribution in [2.45, 2.75) is 19.8 Å². The van der Waals surface area contributed by atoms with E-state index in [1.807, 2.05) is 0 Å². The Bertz CT molecular complexity index is 320. The minimum absolute atomic E-state index is 0.386. The predicted molar refractivity (Wildman–Crippen MR) is 58.1 cm³/mol. The molecule has 0 saturated heterocycles. The molecule has 72 valence electrons. The standard InChI is InChI=1S/C9H16N4/c1-2-3-5-4-6(10)8(12)9(13)7(5)11/h4H,2-3,10-13H2,1H3. The lowest BCUT2D eigenvalue weighted by Crippen LogP contribution is -2.06. The minimum Gasteiger partial charge on any atom is -0.397 e. The van der Waals surface area contributed by atoms with Crippen LogP contribution < -0.4 is 22.9 Å². The molecule has 13 heavy (non-hydrogen) atoms. The van der Waals surface area contributed by atoms with Gasteiger partial charge in [0.15, 0.2) is 0 Å². The highest BCUT2D eigenvalue weighted by Gasteiger charge is 2.08. The summed E-state index contributed by atoms with van der Waals surface area (Å²) in [6.45, 7) is 2.07. The zero-order chi connectivity index (χ0) is 10.0. The third-order valence-electron chi connectivity index (χ3n) is 2.09. The third-order valence-corrected chi connectivity index (χ3v) is 2.09. The van der Waals surface area contributed by atoms with Crippen molar-refractivity contribution in [1.82, 2.24) is 0 Å². The summed E-state index contributed by atoms with van der Waals surface area (Å²) < 4.78 is 0. The highest BCUT2D eigenvalue weighted by atomic mass is 14.8. The normalized spacial score (nSPS) is 10.2. The zero-order valence-electron chi connectivity index (χ0n) is 7.80. The minimum atomic E-state index is 0.386. The molecule has 8 N–H and O–H groups in total. The van der Waals surface area contributed by atoms with Crippen molar-refractivity contribution in [3.05, 3.63) is 11.6 Å². The lowest BCUT2D eigenvalue weighted by atomic mass is 10.0. The largest absolute Gasteiger partial charge is 0.397 e. The lowest BCUT2D eigenvalue weighted by Gasteiger charge is -2.12. The van der Waals surface area contributed by atoms with E-state index in [0.717, 1.165) is 18.4 Å². The number of nitrogen functional groups attached to an aromatic ring is 4. The molecule has 0 amide bonds. The Morgan fingerprint density at radius 1 is 1.00 bits per heavy atom. The number of nitrogens with two attached hydrogens (primary N) is 4. The summed E-state index contributed by atoms with van der Waals surface area (Å²) in [7, 11) is 0. The second-order valence-corrected chi connectivity index (χ2v) is 3.12. The quantitative estimate of drug-likeness (QED) is 0.509. The van der Waals surface area contributed by atoms with Gasteiger partial charge in [0.1, 0.15) is 0 Å². The van der Waals surface area contributed by atoms with Crippen LogP contribution in [-0.4, -0.2) is 0 Å². The lowest BCUT2D eigenvalue weighted by molar-refractivity contribution is 0.925. The molecule has 1 aromatic rings. The summed E-state index contributed by atoms with van der Waals surface area (Å²) in [5.41, 5.74) is 25.6. The maximum absolute atomic E-state index is 5.78. The molecule has 0 saturated carbocycles. The molecule has 0 atom stereocenters. The van der Waals surface area contributed by atoms with Gasteiger partial charge in [0.25, 0.3) is 0 Å². The fourth-order valence-corrected chi connectivity index (χ4v) is 1.29. The molecule has 0 radical (unpaired) electrons. The second kappa shape index (κ2) is 3.43. The Balaban J connectivity index is 3.24. The van der Waals surface area contributed by atoms with E-state index >= 15 is 0 Å². The second-order valence-electron chi connectivity index (χ2n) is 3.12. The molecule has 0 unspecified atom stereocenters. The third kappa shape index (κ3) is 1.61. The number of rotatable bonds is 2. The van der Waals surface area contributed by atoms with Crippen molar-refractivity contribution < 1.29 is 0 Å². The number of hydrogen-bond donors (Lipinski definition) is 4. The van der Waals surface area contributed by atoms with Crippen LogP contribution in [-0.2, 0) is 6.42 Å². The van der Waals surface area contributed by atoms with Gasteiger partial charge < -0.3 is 22.9 Å². The molecule has 0 spiro atoms. The Morgan fingerprint density at radius 2 is 1.62 bits per heavy atom. The van der Waals surface area contributed by atoms with Gasteiger partial charge in [-0.05, 0) is 18.1 Å². The molecule has 1 rings (SSSR count). The van der Waals surface area contributed by atoms with E-state index in [0.29, 0.717) is 22.7 Å². The van der Waals surface area contributed by atoms with E-state index in [1.165, 1.54) is 0 Å². The molecule has 0 fully saturated rings. The van der Waals surface area contributed by atoms with Crippen LogP contribution in [0.4, 0.5) is 22.7 Å². The van der Waals surface area contributed by atoms with Crippen molar-refractivity contribution in [3.8, 4) is 0 Å². The Hall–Kier alpha value is -1.58. The first-order valence-electron chi connectivity index (χ1n) is 4.29. The maximum Gasteiger partial charge on any atom is 0.0805 e. The average Bonchev–Trinajstić information content (AvgIpc) is 2.11. The van der Waals surface area contributed by atoms with Crippen molar-refractivity contribution in [2.75, 3.05) is 22.9 Å². The first-order valence-corrected chi connectivity index (χ1v) is 4.29. The van der Waals surface area contributed by atoms with Gasteiger partial charge >= 0.3 is 0 Å². The first kappa shape index (κ1) is 9.51. The summed E-state index contributed by atoms with van der Waals surface area (Å²) in [5, 5.41) is 0. The predicted octanol–water partition coefficient (Wildman–Crippen LogP) is 0.968. The van der Waals surface area contributed by atoms with Crippen LogP contribution in [0, 0.1) is 0 Å². The van der Waals surface area contributed by atoms with Crippen LogP contribution in [0.3, 0.4) is 0 Å². The van der Waals surface area contributed by atoms with Gasteiger partial charge in [-0.15, -0.1) is 0 Å². The molecule has 0 aliphatic rings. The van der Waals surface area contributed by atoms with Crippen LogP contribution >= 0.6 is 0 Å². The van der Waals surface area contributed by atoms with Gasteiger partial charge in [-0.3, -0.25) is 0 Å². The van der Waals surface area contributed by atoms with E-state index in [-0.39, 0.29) is 0 Å². The van der Waals surface area contributed by atoms with Crippen molar-refractivity contribution in [2.24, 2.45) is 0 Å². The van der Waals surface area contributed by atoms with Gasteiger partial charge in [-0.1, -0.05) is 13.3 Å². The molecule has 4 heteroatoms. The van der Waals surface area contributed by atoms with E-state index in [4.69, 9.17) is 22.9 Å². The van der Waals surface area contributed by atoms with Gasteiger partial charge in [0.05, 0.1) is 22.7 Å². The molecule has 0 aliphatic heterocycles. The fourth-order valence-electron chi connectivity index (χ4n) is 1.29. The Labute approximate surface area is 77.9 Å². The molecule has 0 bridgehead atoms. The van der Waals surface area contributed by atoms with E-state index < -0.39 is 0 Å². The maximum atomic E-state index is 5.78. The average molecular weight is 180 g/mol. The number of aryl methyl sites for hydroxylation is 1. The SMILES string of the molecule is CCCc1cc(N)c(N)c(N)c1N. The summed E-state index contributed by atoms with van der Waals surface area (Å²) in [5.74, 6) is 0. The fraction of sp³-hybridized carbons (Fsp3) is 0.333. The van der Waals surface area contributed by atoms with Crippen LogP contribution in [0.1, 0.15) is 18.9 Å². The van der Waals surface area contributed by atoms with E-state index in [2.05, 4.69) is 6.92 Å². The van der Waals surface area contributed by atoms with E-state index in [1.54, 1.807) is 6.07 Å². The monoisotopic (exact) mass is 180 g/mol. The Morgan fingerprint density at radius 3 is 2.15 bits per heavy atom. The molecule has 0 heterocycles. The topological polar surface area (TPSA) is 104 Å². The molecule has 4 nitrogen and oxygen atoms in total. The van der Waals surface area contributed by atoms with Crippen molar-refractivity contribution >= 4 is 22.7 Å². The van der Waals surface area contributed by atoms with Crippen molar-refractivity contribution in [1.29, 1.82) is 0 Å². The molecule has 0 aromatic heterocycles. The molecule has 1 aromatic carbocycles. The Kier molecular flexibility index (Phi) is 2.51. The summed E-state index contributed by atoms with van der Waals surface area (Å²) in [4.78, 5) is 0. The highest BCUT2D eigenvalue weighted by molar-refractivity contribution is 5.88. The van der Waals surface area contributed by atoms with Gasteiger partial charge in [-0.25, -0.2) is 0 Å². The number of benzene rings is 1. The van der Waals surface area contributed by atoms with Gasteiger partial charge in [0, 0.05) is 0 Å².